The molecule has 3 rings (SSSR count). The fourth-order valence-corrected chi connectivity index (χ4v) is 3.82. The lowest BCUT2D eigenvalue weighted by Crippen LogP contribution is -2.18. The van der Waals surface area contributed by atoms with Gasteiger partial charge in [-0.2, -0.15) is 13.2 Å². The third-order valence-electron chi connectivity index (χ3n) is 4.28. The van der Waals surface area contributed by atoms with Gasteiger partial charge >= 0.3 is 6.18 Å². The van der Waals surface area contributed by atoms with Gasteiger partial charge in [-0.3, -0.25) is 0 Å². The molecule has 8 heteroatoms. The van der Waals surface area contributed by atoms with Crippen molar-refractivity contribution in [3.8, 4) is 0 Å². The van der Waals surface area contributed by atoms with E-state index >= 15 is 0 Å². The highest BCUT2D eigenvalue weighted by Gasteiger charge is 2.30. The van der Waals surface area contributed by atoms with Crippen LogP contribution in [0.5, 0.6) is 0 Å². The minimum Gasteiger partial charge on any atom is -0.336 e. The van der Waals surface area contributed by atoms with Crippen LogP contribution >= 0.6 is 11.8 Å². The summed E-state index contributed by atoms with van der Waals surface area (Å²) in [5.41, 5.74) is -0.0604. The van der Waals surface area contributed by atoms with Crippen LogP contribution in [0.2, 0.25) is 0 Å². The van der Waals surface area contributed by atoms with Crippen molar-refractivity contribution in [1.29, 1.82) is 0 Å². The molecule has 0 atom stereocenters. The molecule has 0 bridgehead atoms. The molecule has 0 aliphatic heterocycles. The summed E-state index contributed by atoms with van der Waals surface area (Å²) in [6.45, 7) is 0. The van der Waals surface area contributed by atoms with Gasteiger partial charge in [-0.1, -0.05) is 49.2 Å². The standard InChI is InChI=1S/C16H19F3N4S/c17-16(18,19)13-8-4-5-11(9-13)10-24-15-22-21-14(23(15)20)12-6-2-1-3-7-12/h4-5,8-9,12H,1-3,6-7,10,20H2. The van der Waals surface area contributed by atoms with Gasteiger partial charge in [0.15, 0.2) is 5.82 Å². The molecule has 1 saturated carbocycles. The van der Waals surface area contributed by atoms with Crippen molar-refractivity contribution in [3.05, 3.63) is 41.2 Å². The Labute approximate surface area is 142 Å². The summed E-state index contributed by atoms with van der Waals surface area (Å²) in [6, 6.07) is 5.31. The van der Waals surface area contributed by atoms with Crippen LogP contribution in [0.25, 0.3) is 0 Å². The Morgan fingerprint density at radius 2 is 1.92 bits per heavy atom. The van der Waals surface area contributed by atoms with Gasteiger partial charge in [-0.25, -0.2) is 4.68 Å². The zero-order chi connectivity index (χ0) is 17.2. The molecule has 1 aromatic carbocycles. The van der Waals surface area contributed by atoms with E-state index in [9.17, 15) is 13.2 Å². The van der Waals surface area contributed by atoms with Crippen molar-refractivity contribution < 1.29 is 13.2 Å². The fourth-order valence-electron chi connectivity index (χ4n) is 3.01. The van der Waals surface area contributed by atoms with Crippen LogP contribution < -0.4 is 5.84 Å². The average molecular weight is 356 g/mol. The lowest BCUT2D eigenvalue weighted by atomic mass is 9.89. The molecule has 1 fully saturated rings. The molecule has 0 saturated heterocycles. The Kier molecular flexibility index (Phi) is 5.03. The molecular weight excluding hydrogens is 337 g/mol. The number of alkyl halides is 3. The second kappa shape index (κ2) is 7.04. The number of benzene rings is 1. The first-order valence-electron chi connectivity index (χ1n) is 7.94. The van der Waals surface area contributed by atoms with Crippen LogP contribution in [0.3, 0.4) is 0 Å². The number of rotatable bonds is 4. The number of hydrogen-bond donors (Lipinski definition) is 1. The van der Waals surface area contributed by atoms with E-state index in [0.29, 0.717) is 22.4 Å². The predicted molar refractivity (Wildman–Crippen MR) is 87.0 cm³/mol. The minimum absolute atomic E-state index is 0.333. The molecule has 0 unspecified atom stereocenters. The van der Waals surface area contributed by atoms with E-state index in [1.54, 1.807) is 6.07 Å². The average Bonchev–Trinajstić information content (AvgIpc) is 2.94. The van der Waals surface area contributed by atoms with Gasteiger partial charge in [0.2, 0.25) is 5.16 Å². The quantitative estimate of drug-likeness (QED) is 0.654. The Morgan fingerprint density at radius 3 is 2.62 bits per heavy atom. The third-order valence-corrected chi connectivity index (χ3v) is 5.30. The highest BCUT2D eigenvalue weighted by molar-refractivity contribution is 7.98. The van der Waals surface area contributed by atoms with E-state index in [-0.39, 0.29) is 0 Å². The molecule has 24 heavy (non-hydrogen) atoms. The summed E-state index contributed by atoms with van der Waals surface area (Å²) in [4.78, 5) is 0. The lowest BCUT2D eigenvalue weighted by molar-refractivity contribution is -0.137. The molecule has 2 aromatic rings. The maximum absolute atomic E-state index is 12.8. The Bertz CT molecular complexity index is 693. The molecule has 0 amide bonds. The summed E-state index contributed by atoms with van der Waals surface area (Å²) in [6.07, 6.45) is 1.38. The topological polar surface area (TPSA) is 56.7 Å². The summed E-state index contributed by atoms with van der Waals surface area (Å²) >= 11 is 1.30. The Morgan fingerprint density at radius 1 is 1.17 bits per heavy atom. The number of nitrogens with two attached hydrogens (primary N) is 1. The molecule has 1 aromatic heterocycles. The SMILES string of the molecule is Nn1c(SCc2cccc(C(F)(F)F)c2)nnc1C1CCCCC1. The van der Waals surface area contributed by atoms with Crippen molar-refractivity contribution in [3.63, 3.8) is 0 Å². The van der Waals surface area contributed by atoms with E-state index in [2.05, 4.69) is 10.2 Å². The van der Waals surface area contributed by atoms with Crippen molar-refractivity contribution in [2.45, 2.75) is 55.1 Å². The van der Waals surface area contributed by atoms with Crippen LogP contribution in [-0.4, -0.2) is 14.9 Å². The first-order chi connectivity index (χ1) is 11.4. The molecule has 2 N–H and O–H groups in total. The van der Waals surface area contributed by atoms with Crippen LogP contribution in [0.1, 0.15) is 55.0 Å². The number of thioether (sulfide) groups is 1. The van der Waals surface area contributed by atoms with Gasteiger partial charge in [0.1, 0.15) is 0 Å². The highest BCUT2D eigenvalue weighted by Crippen LogP contribution is 2.33. The van der Waals surface area contributed by atoms with E-state index in [4.69, 9.17) is 5.84 Å². The van der Waals surface area contributed by atoms with E-state index in [1.165, 1.54) is 41.8 Å². The Hall–Kier alpha value is -1.70. The zero-order valence-electron chi connectivity index (χ0n) is 13.1. The molecule has 1 aliphatic carbocycles. The molecule has 1 aliphatic rings. The molecule has 0 spiro atoms. The van der Waals surface area contributed by atoms with Crippen molar-refractivity contribution in [1.82, 2.24) is 14.9 Å². The number of hydrogen-bond acceptors (Lipinski definition) is 4. The van der Waals surface area contributed by atoms with Crippen molar-refractivity contribution in [2.75, 3.05) is 5.84 Å². The predicted octanol–water partition coefficient (Wildman–Crippen LogP) is 4.35. The van der Waals surface area contributed by atoms with Crippen LogP contribution in [0.15, 0.2) is 29.4 Å². The smallest absolute Gasteiger partial charge is 0.336 e. The largest absolute Gasteiger partial charge is 0.416 e. The Balaban J connectivity index is 1.68. The normalized spacial score (nSPS) is 16.5. The van der Waals surface area contributed by atoms with Gasteiger partial charge in [-0.15, -0.1) is 10.2 Å². The van der Waals surface area contributed by atoms with Gasteiger partial charge in [-0.05, 0) is 24.5 Å². The second-order valence-corrected chi connectivity index (χ2v) is 6.98. The number of nitrogens with zero attached hydrogens (tertiary/aromatic N) is 3. The first kappa shape index (κ1) is 17.1. The van der Waals surface area contributed by atoms with Crippen molar-refractivity contribution in [2.24, 2.45) is 0 Å². The number of halogens is 3. The van der Waals surface area contributed by atoms with Crippen LogP contribution in [-0.2, 0) is 11.9 Å². The van der Waals surface area contributed by atoms with Crippen molar-refractivity contribution >= 4 is 11.8 Å². The van der Waals surface area contributed by atoms with E-state index in [1.807, 2.05) is 0 Å². The van der Waals surface area contributed by atoms with E-state index < -0.39 is 11.7 Å². The molecule has 130 valence electrons. The summed E-state index contributed by atoms with van der Waals surface area (Å²) in [5, 5.41) is 8.84. The van der Waals surface area contributed by atoms with Gasteiger partial charge in [0.25, 0.3) is 0 Å². The summed E-state index contributed by atoms with van der Waals surface area (Å²) in [5.74, 6) is 7.56. The van der Waals surface area contributed by atoms with Gasteiger partial charge in [0, 0.05) is 11.7 Å². The highest BCUT2D eigenvalue weighted by atomic mass is 32.2. The lowest BCUT2D eigenvalue weighted by Gasteiger charge is -2.20. The molecule has 1 heterocycles. The molecule has 0 radical (unpaired) electrons. The van der Waals surface area contributed by atoms with Gasteiger partial charge in [0.05, 0.1) is 5.56 Å². The zero-order valence-corrected chi connectivity index (χ0v) is 13.9. The number of nitrogen functional groups attached to an aromatic ring is 1. The summed E-state index contributed by atoms with van der Waals surface area (Å²) < 4.78 is 39.7. The fraction of sp³-hybridized carbons (Fsp3) is 0.500. The van der Waals surface area contributed by atoms with E-state index in [0.717, 1.165) is 30.8 Å². The monoisotopic (exact) mass is 356 g/mol. The first-order valence-corrected chi connectivity index (χ1v) is 8.93. The third kappa shape index (κ3) is 3.85. The minimum atomic E-state index is -4.33. The maximum atomic E-state index is 12.8. The van der Waals surface area contributed by atoms with Crippen LogP contribution in [0.4, 0.5) is 13.2 Å². The molecule has 4 nitrogen and oxygen atoms in total. The molecular formula is C16H19F3N4S. The number of aromatic nitrogens is 3. The van der Waals surface area contributed by atoms with Crippen LogP contribution in [0, 0.1) is 0 Å². The maximum Gasteiger partial charge on any atom is 0.416 e. The summed E-state index contributed by atoms with van der Waals surface area (Å²) in [7, 11) is 0. The van der Waals surface area contributed by atoms with Gasteiger partial charge < -0.3 is 5.84 Å². The second-order valence-electron chi connectivity index (χ2n) is 6.03.